The van der Waals surface area contributed by atoms with Gasteiger partial charge in [-0.1, -0.05) is 17.8 Å². The third-order valence-electron chi connectivity index (χ3n) is 4.36. The second-order valence-corrected chi connectivity index (χ2v) is 6.77. The zero-order chi connectivity index (χ0) is 15.8. The van der Waals surface area contributed by atoms with Gasteiger partial charge in [-0.05, 0) is 44.0 Å². The zero-order valence-electron chi connectivity index (χ0n) is 13.0. The van der Waals surface area contributed by atoms with Crippen molar-refractivity contribution in [3.63, 3.8) is 0 Å². The predicted molar refractivity (Wildman–Crippen MR) is 90.0 cm³/mol. The highest BCUT2D eigenvalue weighted by Crippen LogP contribution is 2.39. The maximum absolute atomic E-state index is 9.80. The zero-order valence-corrected chi connectivity index (χ0v) is 13.8. The Morgan fingerprint density at radius 1 is 1.30 bits per heavy atom. The summed E-state index contributed by atoms with van der Waals surface area (Å²) in [5, 5.41) is 15.6. The maximum Gasteiger partial charge on any atom is 0.213 e. The highest BCUT2D eigenvalue weighted by atomic mass is 32.1. The number of ether oxygens (including phenoxy) is 1. The van der Waals surface area contributed by atoms with Crippen molar-refractivity contribution in [1.29, 1.82) is 0 Å². The largest absolute Gasteiger partial charge is 0.494 e. The van der Waals surface area contributed by atoms with Crippen molar-refractivity contribution in [3.8, 4) is 17.0 Å². The molecule has 0 unspecified atom stereocenters. The summed E-state index contributed by atoms with van der Waals surface area (Å²) >= 11 is 1.64. The Labute approximate surface area is 138 Å². The Hall–Kier alpha value is -1.92. The van der Waals surface area contributed by atoms with Crippen molar-refractivity contribution < 1.29 is 9.84 Å². The lowest BCUT2D eigenvalue weighted by Gasteiger charge is -2.21. The molecule has 3 aromatic rings. The summed E-state index contributed by atoms with van der Waals surface area (Å²) in [5.41, 5.74) is 2.53. The summed E-state index contributed by atoms with van der Waals surface area (Å²) in [6, 6.07) is 7.81. The third-order valence-corrected chi connectivity index (χ3v) is 5.43. The minimum Gasteiger partial charge on any atom is -0.494 e. The van der Waals surface area contributed by atoms with E-state index in [-0.39, 0.29) is 6.61 Å². The Bertz CT molecular complexity index is 818. The van der Waals surface area contributed by atoms with Gasteiger partial charge in [0.15, 0.2) is 0 Å². The van der Waals surface area contributed by atoms with Crippen molar-refractivity contribution in [2.75, 3.05) is 6.61 Å². The van der Waals surface area contributed by atoms with E-state index in [0.29, 0.717) is 12.5 Å². The first-order chi connectivity index (χ1) is 11.3. The van der Waals surface area contributed by atoms with Crippen LogP contribution in [-0.2, 0) is 6.61 Å². The van der Waals surface area contributed by atoms with Crippen LogP contribution in [0.4, 0.5) is 0 Å². The summed E-state index contributed by atoms with van der Waals surface area (Å²) in [5.74, 6) is 1.43. The molecule has 5 nitrogen and oxygen atoms in total. The molecular weight excluding hydrogens is 310 g/mol. The van der Waals surface area contributed by atoms with Crippen LogP contribution in [0.5, 0.6) is 5.75 Å². The van der Waals surface area contributed by atoms with Gasteiger partial charge in [-0.3, -0.25) is 0 Å². The Morgan fingerprint density at radius 2 is 2.09 bits per heavy atom. The summed E-state index contributed by atoms with van der Waals surface area (Å²) in [6.45, 7) is 2.54. The predicted octanol–water partition coefficient (Wildman–Crippen LogP) is 3.62. The topological polar surface area (TPSA) is 59.7 Å². The van der Waals surface area contributed by atoms with Crippen molar-refractivity contribution in [3.05, 3.63) is 35.0 Å². The van der Waals surface area contributed by atoms with Crippen LogP contribution in [-0.4, -0.2) is 26.3 Å². The quantitative estimate of drug-likeness (QED) is 0.777. The highest BCUT2D eigenvalue weighted by Gasteiger charge is 2.25. The van der Waals surface area contributed by atoms with Crippen LogP contribution in [0.2, 0.25) is 0 Å². The van der Waals surface area contributed by atoms with Gasteiger partial charge < -0.3 is 9.84 Å². The van der Waals surface area contributed by atoms with E-state index in [2.05, 4.69) is 5.10 Å². The Balaban J connectivity index is 1.72. The second kappa shape index (κ2) is 5.94. The summed E-state index contributed by atoms with van der Waals surface area (Å²) in [4.78, 5) is 5.57. The fourth-order valence-electron chi connectivity index (χ4n) is 2.87. The van der Waals surface area contributed by atoms with Gasteiger partial charge in [-0.25, -0.2) is 9.50 Å². The number of aliphatic hydroxyl groups is 1. The molecule has 1 aliphatic carbocycles. The standard InChI is InChI=1S/C17H19N3O2S/c1-2-22-13-8-6-11(7-9-13)15-14(10-21)20-17(18-15)23-16(19-20)12-4-3-5-12/h6-9,12,21H,2-5,10H2,1H3. The van der Waals surface area contributed by atoms with Gasteiger partial charge >= 0.3 is 0 Å². The number of fused-ring (bicyclic) bond motifs is 1. The first-order valence-corrected chi connectivity index (χ1v) is 8.84. The van der Waals surface area contributed by atoms with Crippen molar-refractivity contribution in [2.45, 2.75) is 38.7 Å². The van der Waals surface area contributed by atoms with Gasteiger partial charge in [-0.2, -0.15) is 5.10 Å². The molecule has 1 N–H and O–H groups in total. The molecule has 2 heterocycles. The first-order valence-electron chi connectivity index (χ1n) is 8.02. The van der Waals surface area contributed by atoms with E-state index in [0.717, 1.165) is 32.7 Å². The summed E-state index contributed by atoms with van der Waals surface area (Å²) < 4.78 is 7.28. The minimum atomic E-state index is -0.0719. The molecule has 2 aromatic heterocycles. The van der Waals surface area contributed by atoms with Crippen LogP contribution in [0.25, 0.3) is 16.2 Å². The lowest BCUT2D eigenvalue weighted by molar-refractivity contribution is 0.274. The monoisotopic (exact) mass is 329 g/mol. The lowest BCUT2D eigenvalue weighted by atomic mass is 9.86. The summed E-state index contributed by atoms with van der Waals surface area (Å²) in [6.07, 6.45) is 3.73. The molecule has 0 saturated heterocycles. The molecule has 0 aliphatic heterocycles. The number of aromatic nitrogens is 3. The van der Waals surface area contributed by atoms with Crippen LogP contribution >= 0.6 is 11.3 Å². The molecule has 0 bridgehead atoms. The number of benzene rings is 1. The highest BCUT2D eigenvalue weighted by molar-refractivity contribution is 7.16. The summed E-state index contributed by atoms with van der Waals surface area (Å²) in [7, 11) is 0. The number of nitrogens with zero attached hydrogens (tertiary/aromatic N) is 3. The van der Waals surface area contributed by atoms with E-state index in [1.807, 2.05) is 35.7 Å². The molecule has 0 spiro atoms. The van der Waals surface area contributed by atoms with E-state index in [4.69, 9.17) is 9.72 Å². The first kappa shape index (κ1) is 14.7. The number of rotatable bonds is 5. The minimum absolute atomic E-state index is 0.0719. The van der Waals surface area contributed by atoms with Crippen molar-refractivity contribution in [2.24, 2.45) is 0 Å². The van der Waals surface area contributed by atoms with Gasteiger partial charge in [0.2, 0.25) is 4.96 Å². The normalized spacial score (nSPS) is 15.0. The van der Waals surface area contributed by atoms with Gasteiger partial charge in [0, 0.05) is 11.5 Å². The molecule has 1 aromatic carbocycles. The number of hydrogen-bond donors (Lipinski definition) is 1. The van der Waals surface area contributed by atoms with E-state index >= 15 is 0 Å². The van der Waals surface area contributed by atoms with Crippen LogP contribution < -0.4 is 4.74 Å². The van der Waals surface area contributed by atoms with E-state index in [1.165, 1.54) is 19.3 Å². The maximum atomic E-state index is 9.80. The second-order valence-electron chi connectivity index (χ2n) is 5.79. The third kappa shape index (κ3) is 2.52. The molecule has 120 valence electrons. The fraction of sp³-hybridized carbons (Fsp3) is 0.412. The van der Waals surface area contributed by atoms with Gasteiger partial charge in [-0.15, -0.1) is 0 Å². The SMILES string of the molecule is CCOc1ccc(-c2nc3sc(C4CCC4)nn3c2CO)cc1. The van der Waals surface area contributed by atoms with Gasteiger partial charge in [0.25, 0.3) is 0 Å². The van der Waals surface area contributed by atoms with E-state index < -0.39 is 0 Å². The fourth-order valence-corrected chi connectivity index (χ4v) is 3.96. The van der Waals surface area contributed by atoms with Gasteiger partial charge in [0.1, 0.15) is 10.8 Å². The molecule has 0 amide bonds. The van der Waals surface area contributed by atoms with Crippen LogP contribution in [0.15, 0.2) is 24.3 Å². The number of hydrogen-bond acceptors (Lipinski definition) is 5. The van der Waals surface area contributed by atoms with Crippen LogP contribution in [0, 0.1) is 0 Å². The molecule has 1 aliphatic rings. The molecule has 0 atom stereocenters. The molecule has 4 rings (SSSR count). The molecule has 0 radical (unpaired) electrons. The smallest absolute Gasteiger partial charge is 0.213 e. The number of imidazole rings is 1. The molecule has 23 heavy (non-hydrogen) atoms. The Kier molecular flexibility index (Phi) is 3.79. The molecule has 1 fully saturated rings. The molecule has 6 heteroatoms. The average Bonchev–Trinajstić information content (AvgIpc) is 3.03. The van der Waals surface area contributed by atoms with Gasteiger partial charge in [0.05, 0.1) is 24.6 Å². The van der Waals surface area contributed by atoms with E-state index in [1.54, 1.807) is 11.3 Å². The Morgan fingerprint density at radius 3 is 2.70 bits per heavy atom. The lowest BCUT2D eigenvalue weighted by Crippen LogP contribution is -2.09. The molecular formula is C17H19N3O2S. The molecule has 1 saturated carbocycles. The average molecular weight is 329 g/mol. The van der Waals surface area contributed by atoms with Crippen molar-refractivity contribution in [1.82, 2.24) is 14.6 Å². The van der Waals surface area contributed by atoms with E-state index in [9.17, 15) is 5.11 Å². The van der Waals surface area contributed by atoms with Crippen LogP contribution in [0.3, 0.4) is 0 Å². The van der Waals surface area contributed by atoms with Crippen LogP contribution in [0.1, 0.15) is 42.8 Å². The number of aliphatic hydroxyl groups excluding tert-OH is 1. The van der Waals surface area contributed by atoms with Crippen molar-refractivity contribution >= 4 is 16.3 Å².